The van der Waals surface area contributed by atoms with Crippen molar-refractivity contribution in [3.63, 3.8) is 0 Å². The summed E-state index contributed by atoms with van der Waals surface area (Å²) in [7, 11) is 4.11. The van der Waals surface area contributed by atoms with Gasteiger partial charge in [0.25, 0.3) is 0 Å². The van der Waals surface area contributed by atoms with Crippen molar-refractivity contribution in [1.29, 1.82) is 0 Å². The van der Waals surface area contributed by atoms with Gasteiger partial charge in [0.1, 0.15) is 0 Å². The third-order valence-electron chi connectivity index (χ3n) is 3.42. The molecule has 0 radical (unpaired) electrons. The van der Waals surface area contributed by atoms with E-state index in [1.165, 1.54) is 13.0 Å². The molecule has 1 aliphatic heterocycles. The van der Waals surface area contributed by atoms with Crippen molar-refractivity contribution in [2.75, 3.05) is 39.8 Å². The van der Waals surface area contributed by atoms with Crippen LogP contribution >= 0.6 is 0 Å². The van der Waals surface area contributed by atoms with Crippen LogP contribution in [0.25, 0.3) is 0 Å². The highest BCUT2D eigenvalue weighted by Gasteiger charge is 2.16. The van der Waals surface area contributed by atoms with Crippen molar-refractivity contribution in [2.24, 2.45) is 12.8 Å². The molecule has 0 bridgehead atoms. The van der Waals surface area contributed by atoms with E-state index < -0.39 is 0 Å². The fourth-order valence-electron chi connectivity index (χ4n) is 2.30. The maximum absolute atomic E-state index is 6.22. The summed E-state index contributed by atoms with van der Waals surface area (Å²) >= 11 is 0. The lowest BCUT2D eigenvalue weighted by atomic mass is 10.1. The Kier molecular flexibility index (Phi) is 4.15. The number of likely N-dealkylation sites (N-methyl/N-ethyl adjacent to an activating group) is 1. The Morgan fingerprint density at radius 3 is 2.82 bits per heavy atom. The van der Waals surface area contributed by atoms with E-state index in [1.807, 2.05) is 24.1 Å². The average molecular weight is 237 g/mol. The molecule has 5 nitrogen and oxygen atoms in total. The Bertz CT molecular complexity index is 348. The van der Waals surface area contributed by atoms with Crippen LogP contribution in [0.4, 0.5) is 0 Å². The molecule has 0 amide bonds. The van der Waals surface area contributed by atoms with Crippen LogP contribution in [0.2, 0.25) is 0 Å². The van der Waals surface area contributed by atoms with Crippen molar-refractivity contribution in [2.45, 2.75) is 12.5 Å². The minimum absolute atomic E-state index is 0.0760. The van der Waals surface area contributed by atoms with Crippen LogP contribution in [0, 0.1) is 0 Å². The van der Waals surface area contributed by atoms with Crippen molar-refractivity contribution in [1.82, 2.24) is 19.6 Å². The minimum Gasteiger partial charge on any atom is -0.323 e. The van der Waals surface area contributed by atoms with Gasteiger partial charge in [0.15, 0.2) is 0 Å². The molecule has 5 heteroatoms. The zero-order valence-electron chi connectivity index (χ0n) is 10.8. The molecule has 2 heterocycles. The number of aryl methyl sites for hydroxylation is 1. The van der Waals surface area contributed by atoms with Crippen molar-refractivity contribution in [3.05, 3.63) is 18.0 Å². The number of nitrogens with zero attached hydrogens (tertiary/aromatic N) is 4. The summed E-state index contributed by atoms with van der Waals surface area (Å²) < 4.78 is 1.81. The van der Waals surface area contributed by atoms with Gasteiger partial charge < -0.3 is 15.5 Å². The Balaban J connectivity index is 1.87. The molecule has 1 atom stereocenters. The van der Waals surface area contributed by atoms with E-state index in [-0.39, 0.29) is 6.04 Å². The van der Waals surface area contributed by atoms with Gasteiger partial charge in [0.2, 0.25) is 0 Å². The van der Waals surface area contributed by atoms with Crippen molar-refractivity contribution in [3.8, 4) is 0 Å². The predicted molar refractivity (Wildman–Crippen MR) is 68.7 cm³/mol. The number of hydrogen-bond acceptors (Lipinski definition) is 4. The zero-order valence-corrected chi connectivity index (χ0v) is 10.8. The lowest BCUT2D eigenvalue weighted by molar-refractivity contribution is 0.261. The highest BCUT2D eigenvalue weighted by Crippen LogP contribution is 2.11. The van der Waals surface area contributed by atoms with Gasteiger partial charge in [-0.25, -0.2) is 0 Å². The summed E-state index contributed by atoms with van der Waals surface area (Å²) in [6.45, 7) is 5.53. The molecule has 1 aliphatic rings. The lowest BCUT2D eigenvalue weighted by Gasteiger charge is -2.23. The van der Waals surface area contributed by atoms with Crippen LogP contribution in [0.5, 0.6) is 0 Å². The Morgan fingerprint density at radius 1 is 1.29 bits per heavy atom. The minimum atomic E-state index is 0.0760. The SMILES string of the molecule is CN1CCCN(CC(N)c2cnn(C)c2)CC1. The topological polar surface area (TPSA) is 50.3 Å². The summed E-state index contributed by atoms with van der Waals surface area (Å²) in [6.07, 6.45) is 5.11. The first-order valence-electron chi connectivity index (χ1n) is 6.30. The molecule has 1 saturated heterocycles. The molecule has 0 aliphatic carbocycles. The second kappa shape index (κ2) is 5.62. The van der Waals surface area contributed by atoms with E-state index in [2.05, 4.69) is 21.9 Å². The fraction of sp³-hybridized carbons (Fsp3) is 0.750. The van der Waals surface area contributed by atoms with Gasteiger partial charge in [-0.2, -0.15) is 5.10 Å². The van der Waals surface area contributed by atoms with Gasteiger partial charge in [0, 0.05) is 44.5 Å². The molecule has 1 fully saturated rings. The first kappa shape index (κ1) is 12.5. The van der Waals surface area contributed by atoms with Crippen molar-refractivity contribution < 1.29 is 0 Å². The van der Waals surface area contributed by atoms with Gasteiger partial charge in [0.05, 0.1) is 6.20 Å². The Hall–Kier alpha value is -0.910. The predicted octanol–water partition coefficient (Wildman–Crippen LogP) is 0.0574. The maximum atomic E-state index is 6.22. The molecule has 1 aromatic heterocycles. The van der Waals surface area contributed by atoms with E-state index in [0.29, 0.717) is 0 Å². The van der Waals surface area contributed by atoms with E-state index in [9.17, 15) is 0 Å². The summed E-state index contributed by atoms with van der Waals surface area (Å²) in [5, 5.41) is 4.17. The van der Waals surface area contributed by atoms with Gasteiger partial charge in [-0.05, 0) is 26.6 Å². The van der Waals surface area contributed by atoms with Crippen molar-refractivity contribution >= 4 is 0 Å². The van der Waals surface area contributed by atoms with Gasteiger partial charge in [-0.15, -0.1) is 0 Å². The highest BCUT2D eigenvalue weighted by atomic mass is 15.2. The molecule has 17 heavy (non-hydrogen) atoms. The second-order valence-electron chi connectivity index (χ2n) is 5.01. The van der Waals surface area contributed by atoms with E-state index >= 15 is 0 Å². The maximum Gasteiger partial charge on any atom is 0.0537 e. The van der Waals surface area contributed by atoms with Gasteiger partial charge in [-0.3, -0.25) is 4.68 Å². The van der Waals surface area contributed by atoms with Crippen LogP contribution in [0.3, 0.4) is 0 Å². The largest absolute Gasteiger partial charge is 0.323 e. The van der Waals surface area contributed by atoms with Gasteiger partial charge in [-0.1, -0.05) is 0 Å². The monoisotopic (exact) mass is 237 g/mol. The number of nitrogens with two attached hydrogens (primary N) is 1. The van der Waals surface area contributed by atoms with E-state index in [1.54, 1.807) is 0 Å². The first-order chi connectivity index (χ1) is 8.15. The molecule has 0 aromatic carbocycles. The number of rotatable bonds is 3. The standard InChI is InChI=1S/C12H23N5/c1-15-4-3-5-17(7-6-15)10-12(13)11-8-14-16(2)9-11/h8-9,12H,3-7,10,13H2,1-2H3. The molecule has 1 aromatic rings. The molecule has 0 spiro atoms. The van der Waals surface area contributed by atoms with Crippen LogP contribution in [0.15, 0.2) is 12.4 Å². The summed E-state index contributed by atoms with van der Waals surface area (Å²) in [5.74, 6) is 0. The highest BCUT2D eigenvalue weighted by molar-refractivity contribution is 5.10. The second-order valence-corrected chi connectivity index (χ2v) is 5.01. The third-order valence-corrected chi connectivity index (χ3v) is 3.42. The summed E-state index contributed by atoms with van der Waals surface area (Å²) in [6, 6.07) is 0.0760. The molecule has 2 N–H and O–H groups in total. The lowest BCUT2D eigenvalue weighted by Crippen LogP contribution is -2.35. The van der Waals surface area contributed by atoms with Crippen LogP contribution in [0.1, 0.15) is 18.0 Å². The molecular formula is C12H23N5. The quantitative estimate of drug-likeness (QED) is 0.807. The number of aromatic nitrogens is 2. The van der Waals surface area contributed by atoms with Crippen LogP contribution in [-0.2, 0) is 7.05 Å². The normalized spacial score (nSPS) is 21.4. The number of hydrogen-bond donors (Lipinski definition) is 1. The molecule has 96 valence electrons. The zero-order chi connectivity index (χ0) is 12.3. The van der Waals surface area contributed by atoms with Crippen LogP contribution < -0.4 is 5.73 Å². The van der Waals surface area contributed by atoms with E-state index in [0.717, 1.165) is 31.7 Å². The fourth-order valence-corrected chi connectivity index (χ4v) is 2.30. The molecule has 1 unspecified atom stereocenters. The van der Waals surface area contributed by atoms with Gasteiger partial charge >= 0.3 is 0 Å². The average Bonchev–Trinajstić information content (AvgIpc) is 2.62. The summed E-state index contributed by atoms with van der Waals surface area (Å²) in [5.41, 5.74) is 7.35. The third kappa shape index (κ3) is 3.52. The Labute approximate surface area is 103 Å². The first-order valence-corrected chi connectivity index (χ1v) is 6.30. The smallest absolute Gasteiger partial charge is 0.0537 e. The molecular weight excluding hydrogens is 214 g/mol. The molecule has 0 saturated carbocycles. The van der Waals surface area contributed by atoms with Crippen LogP contribution in [-0.4, -0.2) is 59.4 Å². The summed E-state index contributed by atoms with van der Waals surface area (Å²) in [4.78, 5) is 4.84. The van der Waals surface area contributed by atoms with E-state index in [4.69, 9.17) is 5.73 Å². The molecule has 2 rings (SSSR count). The Morgan fingerprint density at radius 2 is 2.12 bits per heavy atom.